The molecule has 0 fully saturated rings. The Bertz CT molecular complexity index is 272. The summed E-state index contributed by atoms with van der Waals surface area (Å²) in [5.74, 6) is 0. The first-order valence-electron chi connectivity index (χ1n) is 4.48. The zero-order valence-electron chi connectivity index (χ0n) is 8.00. The van der Waals surface area contributed by atoms with E-state index in [1.807, 2.05) is 0 Å². The van der Waals surface area contributed by atoms with Gasteiger partial charge in [0.1, 0.15) is 0 Å². The van der Waals surface area contributed by atoms with Gasteiger partial charge in [-0.3, -0.25) is 0 Å². The third-order valence-corrected chi connectivity index (χ3v) is 1.86. The van der Waals surface area contributed by atoms with Gasteiger partial charge in [-0.2, -0.15) is 0 Å². The maximum Gasteiger partial charge on any atom is 0.240 e. The molecule has 0 aliphatic carbocycles. The van der Waals surface area contributed by atoms with Crippen molar-refractivity contribution in [1.82, 2.24) is 0 Å². The van der Waals surface area contributed by atoms with Crippen LogP contribution in [-0.4, -0.2) is 12.5 Å². The van der Waals surface area contributed by atoms with E-state index in [-0.39, 0.29) is 12.5 Å². The lowest BCUT2D eigenvalue weighted by atomic mass is 10.2. The van der Waals surface area contributed by atoms with Crippen molar-refractivity contribution >= 4 is 11.4 Å². The van der Waals surface area contributed by atoms with Crippen LogP contribution in [0.25, 0.3) is 0 Å². The van der Waals surface area contributed by atoms with Crippen molar-refractivity contribution in [3.8, 4) is 0 Å². The van der Waals surface area contributed by atoms with Crippen molar-refractivity contribution in [2.75, 3.05) is 11.1 Å². The largest absolute Gasteiger partial charge is 0.399 e. The quantitative estimate of drug-likeness (QED) is 0.733. The average molecular weight is 200 g/mol. The first-order chi connectivity index (χ1) is 6.58. The van der Waals surface area contributed by atoms with Crippen molar-refractivity contribution in [2.45, 2.75) is 25.8 Å². The van der Waals surface area contributed by atoms with Crippen molar-refractivity contribution in [2.24, 2.45) is 0 Å². The molecular formula is C10H14F2N2. The van der Waals surface area contributed by atoms with Gasteiger partial charge in [-0.25, -0.2) is 8.78 Å². The summed E-state index contributed by atoms with van der Waals surface area (Å²) in [7, 11) is 0. The third-order valence-electron chi connectivity index (χ3n) is 1.86. The van der Waals surface area contributed by atoms with E-state index in [0.717, 1.165) is 5.69 Å². The zero-order chi connectivity index (χ0) is 10.6. The summed E-state index contributed by atoms with van der Waals surface area (Å²) in [4.78, 5) is 0. The summed E-state index contributed by atoms with van der Waals surface area (Å²) in [6, 6.07) is 6.78. The Morgan fingerprint density at radius 1 is 1.29 bits per heavy atom. The normalized spacial score (nSPS) is 12.9. The van der Waals surface area contributed by atoms with Gasteiger partial charge in [-0.1, -0.05) is 0 Å². The molecule has 0 radical (unpaired) electrons. The molecule has 1 unspecified atom stereocenters. The Labute approximate surface area is 82.1 Å². The molecule has 1 atom stereocenters. The van der Waals surface area contributed by atoms with Crippen LogP contribution < -0.4 is 11.1 Å². The molecule has 4 heteroatoms. The highest BCUT2D eigenvalue weighted by atomic mass is 19.3. The maximum absolute atomic E-state index is 12.0. The van der Waals surface area contributed by atoms with E-state index < -0.39 is 6.43 Å². The Morgan fingerprint density at radius 2 is 1.86 bits per heavy atom. The highest BCUT2D eigenvalue weighted by Gasteiger charge is 2.09. The molecular weight excluding hydrogens is 186 g/mol. The highest BCUT2D eigenvalue weighted by Crippen LogP contribution is 2.14. The lowest BCUT2D eigenvalue weighted by Crippen LogP contribution is -2.18. The van der Waals surface area contributed by atoms with E-state index in [1.54, 1.807) is 31.2 Å². The maximum atomic E-state index is 12.0. The molecule has 0 aromatic heterocycles. The smallest absolute Gasteiger partial charge is 0.240 e. The van der Waals surface area contributed by atoms with Crippen LogP contribution in [0.2, 0.25) is 0 Å². The summed E-state index contributed by atoms with van der Waals surface area (Å²) in [6.45, 7) is 1.72. The molecule has 1 rings (SSSR count). The number of benzene rings is 1. The van der Waals surface area contributed by atoms with Gasteiger partial charge in [-0.05, 0) is 31.2 Å². The topological polar surface area (TPSA) is 38.0 Å². The van der Waals surface area contributed by atoms with Crippen LogP contribution in [0.3, 0.4) is 0 Å². The lowest BCUT2D eigenvalue weighted by molar-refractivity contribution is 0.133. The number of nitrogens with two attached hydrogens (primary N) is 1. The second-order valence-electron chi connectivity index (χ2n) is 3.29. The molecule has 78 valence electrons. The van der Waals surface area contributed by atoms with E-state index in [0.29, 0.717) is 5.69 Å². The second kappa shape index (κ2) is 4.79. The molecule has 1 aromatic rings. The third kappa shape index (κ3) is 3.60. The van der Waals surface area contributed by atoms with Crippen molar-refractivity contribution in [3.05, 3.63) is 24.3 Å². The number of anilines is 2. The zero-order valence-corrected chi connectivity index (χ0v) is 8.00. The van der Waals surface area contributed by atoms with Crippen LogP contribution in [0.5, 0.6) is 0 Å². The molecule has 3 N–H and O–H groups in total. The predicted molar refractivity (Wildman–Crippen MR) is 54.6 cm³/mol. The van der Waals surface area contributed by atoms with Gasteiger partial charge < -0.3 is 11.1 Å². The monoisotopic (exact) mass is 200 g/mol. The summed E-state index contributed by atoms with van der Waals surface area (Å²) in [6.07, 6.45) is -2.42. The Hall–Kier alpha value is -1.32. The molecule has 0 spiro atoms. The number of hydrogen-bond acceptors (Lipinski definition) is 2. The average Bonchev–Trinajstić information content (AvgIpc) is 2.07. The number of hydrogen-bond donors (Lipinski definition) is 2. The fourth-order valence-electron chi connectivity index (χ4n) is 1.19. The molecule has 14 heavy (non-hydrogen) atoms. The Balaban J connectivity index is 2.47. The van der Waals surface area contributed by atoms with E-state index in [2.05, 4.69) is 5.32 Å². The molecule has 0 saturated heterocycles. The molecule has 0 amide bonds. The van der Waals surface area contributed by atoms with Crippen molar-refractivity contribution in [3.63, 3.8) is 0 Å². The van der Waals surface area contributed by atoms with Gasteiger partial charge in [0.05, 0.1) is 0 Å². The van der Waals surface area contributed by atoms with Crippen LogP contribution in [0, 0.1) is 0 Å². The van der Waals surface area contributed by atoms with Gasteiger partial charge in [0, 0.05) is 23.8 Å². The van der Waals surface area contributed by atoms with Gasteiger partial charge in [0.15, 0.2) is 0 Å². The highest BCUT2D eigenvalue weighted by molar-refractivity contribution is 5.51. The van der Waals surface area contributed by atoms with E-state index >= 15 is 0 Å². The Morgan fingerprint density at radius 3 is 2.36 bits per heavy atom. The molecule has 0 aliphatic rings. The molecule has 0 aliphatic heterocycles. The first kappa shape index (κ1) is 10.8. The molecule has 1 aromatic carbocycles. The minimum absolute atomic E-state index is 0.148. The summed E-state index contributed by atoms with van der Waals surface area (Å²) >= 11 is 0. The fourth-order valence-corrected chi connectivity index (χ4v) is 1.19. The van der Waals surface area contributed by atoms with Crippen LogP contribution >= 0.6 is 0 Å². The number of alkyl halides is 2. The summed E-state index contributed by atoms with van der Waals surface area (Å²) in [5.41, 5.74) is 6.97. The molecule has 0 heterocycles. The van der Waals surface area contributed by atoms with Crippen LogP contribution in [0.4, 0.5) is 20.2 Å². The Kier molecular flexibility index (Phi) is 3.68. The van der Waals surface area contributed by atoms with E-state index in [9.17, 15) is 8.78 Å². The van der Waals surface area contributed by atoms with E-state index in [1.165, 1.54) is 0 Å². The lowest BCUT2D eigenvalue weighted by Gasteiger charge is -2.14. The molecule has 0 bridgehead atoms. The number of rotatable bonds is 4. The standard InChI is InChI=1S/C10H14F2N2/c1-7(6-10(11)12)14-9-4-2-8(13)3-5-9/h2-5,7,10,14H,6,13H2,1H3. The first-order valence-corrected chi connectivity index (χ1v) is 4.48. The van der Waals surface area contributed by atoms with Gasteiger partial charge in [-0.15, -0.1) is 0 Å². The number of nitrogen functional groups attached to an aromatic ring is 1. The van der Waals surface area contributed by atoms with E-state index in [4.69, 9.17) is 5.73 Å². The van der Waals surface area contributed by atoms with Gasteiger partial charge in [0.2, 0.25) is 6.43 Å². The second-order valence-corrected chi connectivity index (χ2v) is 3.29. The van der Waals surface area contributed by atoms with Crippen molar-refractivity contribution < 1.29 is 8.78 Å². The van der Waals surface area contributed by atoms with Crippen LogP contribution in [0.15, 0.2) is 24.3 Å². The summed E-state index contributed by atoms with van der Waals surface area (Å²) in [5, 5.41) is 2.96. The molecule has 2 nitrogen and oxygen atoms in total. The fraction of sp³-hybridized carbons (Fsp3) is 0.400. The minimum atomic E-state index is -2.27. The number of nitrogens with one attached hydrogen (secondary N) is 1. The number of halogens is 2. The van der Waals surface area contributed by atoms with Crippen molar-refractivity contribution in [1.29, 1.82) is 0 Å². The van der Waals surface area contributed by atoms with Gasteiger partial charge in [0.25, 0.3) is 0 Å². The summed E-state index contributed by atoms with van der Waals surface area (Å²) < 4.78 is 24.0. The molecule has 0 saturated carbocycles. The van der Waals surface area contributed by atoms with Crippen LogP contribution in [0.1, 0.15) is 13.3 Å². The van der Waals surface area contributed by atoms with Gasteiger partial charge >= 0.3 is 0 Å². The van der Waals surface area contributed by atoms with Crippen LogP contribution in [-0.2, 0) is 0 Å². The minimum Gasteiger partial charge on any atom is -0.399 e. The predicted octanol–water partition coefficient (Wildman–Crippen LogP) is 2.72. The SMILES string of the molecule is CC(CC(F)F)Nc1ccc(N)cc1.